The zero-order valence-electron chi connectivity index (χ0n) is 11.3. The van der Waals surface area contributed by atoms with E-state index in [-0.39, 0.29) is 11.4 Å². The number of hydrogen-bond donors (Lipinski definition) is 2. The van der Waals surface area contributed by atoms with E-state index in [2.05, 4.69) is 10.6 Å². The molecular weight excluding hydrogens is 232 g/mol. The van der Waals surface area contributed by atoms with Crippen LogP contribution in [0.4, 0.5) is 4.79 Å². The van der Waals surface area contributed by atoms with Gasteiger partial charge in [0.2, 0.25) is 5.91 Å². The first-order valence-electron chi connectivity index (χ1n) is 6.59. The highest BCUT2D eigenvalue weighted by Crippen LogP contribution is 2.41. The fraction of sp³-hybridized carbons (Fsp3) is 0.846. The highest BCUT2D eigenvalue weighted by molar-refractivity contribution is 5.80. The Morgan fingerprint density at radius 3 is 2.94 bits per heavy atom. The maximum atomic E-state index is 11.6. The van der Waals surface area contributed by atoms with E-state index in [1.807, 2.05) is 20.8 Å². The summed E-state index contributed by atoms with van der Waals surface area (Å²) >= 11 is 0. The summed E-state index contributed by atoms with van der Waals surface area (Å²) in [6, 6.07) is 0. The van der Waals surface area contributed by atoms with Crippen molar-refractivity contribution in [2.45, 2.75) is 57.6 Å². The Kier molecular flexibility index (Phi) is 3.25. The Morgan fingerprint density at radius 2 is 2.28 bits per heavy atom. The van der Waals surface area contributed by atoms with Crippen LogP contribution in [0.25, 0.3) is 0 Å². The molecule has 2 aliphatic rings. The van der Waals surface area contributed by atoms with Gasteiger partial charge in [-0.15, -0.1) is 0 Å². The number of carbonyl (C=O) groups is 2. The van der Waals surface area contributed by atoms with Crippen molar-refractivity contribution in [3.63, 3.8) is 0 Å². The first-order valence-corrected chi connectivity index (χ1v) is 6.59. The van der Waals surface area contributed by atoms with Gasteiger partial charge in [0.05, 0.1) is 5.54 Å². The Labute approximate surface area is 108 Å². The Balaban J connectivity index is 1.89. The van der Waals surface area contributed by atoms with Crippen LogP contribution in [-0.4, -0.2) is 29.7 Å². The van der Waals surface area contributed by atoms with Gasteiger partial charge in [0.1, 0.15) is 5.60 Å². The SMILES string of the molecule is CC(C)(C)OC(=O)NCC12CCCC1CC(=O)N2. The molecule has 1 aliphatic heterocycles. The van der Waals surface area contributed by atoms with E-state index in [9.17, 15) is 9.59 Å². The predicted molar refractivity (Wildman–Crippen MR) is 67.1 cm³/mol. The number of fused-ring (bicyclic) bond motifs is 1. The smallest absolute Gasteiger partial charge is 0.407 e. The molecule has 2 fully saturated rings. The van der Waals surface area contributed by atoms with Gasteiger partial charge < -0.3 is 15.4 Å². The summed E-state index contributed by atoms with van der Waals surface area (Å²) in [6.07, 6.45) is 3.30. The summed E-state index contributed by atoms with van der Waals surface area (Å²) in [7, 11) is 0. The van der Waals surface area contributed by atoms with Crippen LogP contribution in [-0.2, 0) is 9.53 Å². The Hall–Kier alpha value is -1.26. The lowest BCUT2D eigenvalue weighted by Gasteiger charge is -2.30. The fourth-order valence-corrected chi connectivity index (χ4v) is 2.98. The zero-order valence-corrected chi connectivity index (χ0v) is 11.3. The van der Waals surface area contributed by atoms with Crippen molar-refractivity contribution in [2.75, 3.05) is 6.54 Å². The average molecular weight is 254 g/mol. The third kappa shape index (κ3) is 2.76. The summed E-state index contributed by atoms with van der Waals surface area (Å²) in [5.74, 6) is 0.464. The molecule has 102 valence electrons. The molecule has 1 heterocycles. The lowest BCUT2D eigenvalue weighted by atomic mass is 9.89. The van der Waals surface area contributed by atoms with Crippen LogP contribution >= 0.6 is 0 Å². The largest absolute Gasteiger partial charge is 0.444 e. The molecular formula is C13H22N2O3. The monoisotopic (exact) mass is 254 g/mol. The van der Waals surface area contributed by atoms with Crippen molar-refractivity contribution in [3.05, 3.63) is 0 Å². The van der Waals surface area contributed by atoms with Crippen LogP contribution in [0, 0.1) is 5.92 Å². The van der Waals surface area contributed by atoms with E-state index in [4.69, 9.17) is 4.74 Å². The highest BCUT2D eigenvalue weighted by atomic mass is 16.6. The van der Waals surface area contributed by atoms with E-state index in [0.29, 0.717) is 18.9 Å². The fourth-order valence-electron chi connectivity index (χ4n) is 2.98. The number of alkyl carbamates (subject to hydrolysis) is 1. The van der Waals surface area contributed by atoms with Crippen molar-refractivity contribution in [3.8, 4) is 0 Å². The van der Waals surface area contributed by atoms with Crippen molar-refractivity contribution in [1.29, 1.82) is 0 Å². The van der Waals surface area contributed by atoms with Gasteiger partial charge >= 0.3 is 6.09 Å². The molecule has 2 atom stereocenters. The zero-order chi connectivity index (χ0) is 13.4. The number of carbonyl (C=O) groups excluding carboxylic acids is 2. The lowest BCUT2D eigenvalue weighted by Crippen LogP contribution is -2.52. The van der Waals surface area contributed by atoms with Gasteiger partial charge in [-0.05, 0) is 39.5 Å². The minimum absolute atomic E-state index is 0.102. The molecule has 0 aromatic heterocycles. The quantitative estimate of drug-likeness (QED) is 0.786. The molecule has 0 bridgehead atoms. The number of rotatable bonds is 2. The molecule has 2 unspecified atom stereocenters. The van der Waals surface area contributed by atoms with Crippen LogP contribution in [0.2, 0.25) is 0 Å². The molecule has 2 amide bonds. The first-order chi connectivity index (χ1) is 8.31. The normalized spacial score (nSPS) is 30.8. The number of amides is 2. The molecule has 2 rings (SSSR count). The van der Waals surface area contributed by atoms with Crippen molar-refractivity contribution in [1.82, 2.24) is 10.6 Å². The molecule has 0 radical (unpaired) electrons. The van der Waals surface area contributed by atoms with E-state index < -0.39 is 11.7 Å². The van der Waals surface area contributed by atoms with Gasteiger partial charge in [-0.2, -0.15) is 0 Å². The van der Waals surface area contributed by atoms with Gasteiger partial charge in [-0.3, -0.25) is 4.79 Å². The highest BCUT2D eigenvalue weighted by Gasteiger charge is 2.49. The van der Waals surface area contributed by atoms with Crippen LogP contribution in [0.1, 0.15) is 46.5 Å². The van der Waals surface area contributed by atoms with Crippen LogP contribution in [0.3, 0.4) is 0 Å². The number of hydrogen-bond acceptors (Lipinski definition) is 3. The number of nitrogens with one attached hydrogen (secondary N) is 2. The van der Waals surface area contributed by atoms with Crippen LogP contribution in [0.15, 0.2) is 0 Å². The molecule has 1 saturated carbocycles. The third-order valence-corrected chi connectivity index (χ3v) is 3.72. The van der Waals surface area contributed by atoms with Gasteiger partial charge in [-0.1, -0.05) is 6.42 Å². The van der Waals surface area contributed by atoms with Crippen molar-refractivity contribution < 1.29 is 14.3 Å². The molecule has 5 nitrogen and oxygen atoms in total. The van der Waals surface area contributed by atoms with Crippen molar-refractivity contribution >= 4 is 12.0 Å². The summed E-state index contributed by atoms with van der Waals surface area (Å²) in [4.78, 5) is 23.1. The molecule has 18 heavy (non-hydrogen) atoms. The van der Waals surface area contributed by atoms with Gasteiger partial charge in [-0.25, -0.2) is 4.79 Å². The second kappa shape index (κ2) is 4.44. The Morgan fingerprint density at radius 1 is 1.56 bits per heavy atom. The summed E-state index contributed by atoms with van der Waals surface area (Å²) < 4.78 is 5.21. The average Bonchev–Trinajstić information content (AvgIpc) is 2.68. The van der Waals surface area contributed by atoms with Crippen molar-refractivity contribution in [2.24, 2.45) is 5.92 Å². The first kappa shape index (κ1) is 13.2. The predicted octanol–water partition coefficient (Wildman–Crippen LogP) is 1.57. The molecule has 1 saturated heterocycles. The van der Waals surface area contributed by atoms with Gasteiger partial charge in [0.25, 0.3) is 0 Å². The molecule has 1 aliphatic carbocycles. The minimum atomic E-state index is -0.490. The second-order valence-corrected chi connectivity index (χ2v) is 6.35. The van der Waals surface area contributed by atoms with Gasteiger partial charge in [0, 0.05) is 13.0 Å². The molecule has 0 aromatic rings. The summed E-state index contributed by atoms with van der Waals surface area (Å²) in [6.45, 7) is 5.97. The summed E-state index contributed by atoms with van der Waals surface area (Å²) in [5.41, 5.74) is -0.719. The maximum absolute atomic E-state index is 11.6. The van der Waals surface area contributed by atoms with E-state index in [1.165, 1.54) is 0 Å². The molecule has 0 aromatic carbocycles. The third-order valence-electron chi connectivity index (χ3n) is 3.72. The lowest BCUT2D eigenvalue weighted by molar-refractivity contribution is -0.120. The topological polar surface area (TPSA) is 67.4 Å². The Bertz CT molecular complexity index is 362. The number of ether oxygens (including phenoxy) is 1. The van der Waals surface area contributed by atoms with Crippen LogP contribution in [0.5, 0.6) is 0 Å². The van der Waals surface area contributed by atoms with Crippen LogP contribution < -0.4 is 10.6 Å². The van der Waals surface area contributed by atoms with E-state index in [1.54, 1.807) is 0 Å². The minimum Gasteiger partial charge on any atom is -0.444 e. The second-order valence-electron chi connectivity index (χ2n) is 6.35. The standard InChI is InChI=1S/C13H22N2O3/c1-12(2,3)18-11(17)14-8-13-6-4-5-9(13)7-10(16)15-13/h9H,4-8H2,1-3H3,(H,14,17)(H,15,16). The van der Waals surface area contributed by atoms with E-state index >= 15 is 0 Å². The maximum Gasteiger partial charge on any atom is 0.407 e. The van der Waals surface area contributed by atoms with E-state index in [0.717, 1.165) is 19.3 Å². The molecule has 5 heteroatoms. The van der Waals surface area contributed by atoms with Gasteiger partial charge in [0.15, 0.2) is 0 Å². The molecule has 2 N–H and O–H groups in total. The molecule has 0 spiro atoms. The summed E-state index contributed by atoms with van der Waals surface area (Å²) in [5, 5.41) is 5.83.